The minimum absolute atomic E-state index is 0. The summed E-state index contributed by atoms with van der Waals surface area (Å²) in [5.74, 6) is -1.31. The normalized spacial score (nSPS) is 30.3. The van der Waals surface area contributed by atoms with Crippen LogP contribution in [0, 0.1) is 23.7 Å². The Labute approximate surface area is 198 Å². The van der Waals surface area contributed by atoms with Crippen molar-refractivity contribution in [3.05, 3.63) is 23.8 Å². The van der Waals surface area contributed by atoms with Crippen molar-refractivity contribution in [2.24, 2.45) is 23.7 Å². The van der Waals surface area contributed by atoms with Gasteiger partial charge in [-0.3, -0.25) is 9.59 Å². The molecule has 0 aromatic rings. The number of rotatable bonds is 10. The molecule has 7 nitrogen and oxygen atoms in total. The van der Waals surface area contributed by atoms with Gasteiger partial charge < -0.3 is 26.6 Å². The van der Waals surface area contributed by atoms with Crippen molar-refractivity contribution in [3.8, 4) is 0 Å². The number of carbonyl (C=O) groups excluding carboxylic acids is 1. The SMILES string of the molecule is CC[C@H](C)C(=O)O[C@H]1C[C@H](O)C=C2C=C[C@H](C)[C@H](CC[C@@H](O)CC(O)CC(=O)O)[C@H]21.[H-].[Li+]. The van der Waals surface area contributed by atoms with E-state index in [9.17, 15) is 24.9 Å². The molecule has 0 aromatic heterocycles. The fourth-order valence-electron chi connectivity index (χ4n) is 4.52. The van der Waals surface area contributed by atoms with Gasteiger partial charge in [-0.05, 0) is 43.1 Å². The molecule has 0 spiro atoms. The van der Waals surface area contributed by atoms with E-state index < -0.39 is 30.4 Å². The standard InChI is InChI=1S/C23H36O7.Li.H/c1-4-13(2)23(29)30-20-11-17(25)9-15-6-5-14(3)19(22(15)20)8-7-16(24)10-18(26)12-21(27)28;;/h5-6,9,13-14,16-20,22,24-26H,4,7-8,10-12H2,1-3H3,(H,27,28);;/q;+1;-1/t13-,14-,16+,17+,18?,19-,20-,22-;;/m0../s1. The van der Waals surface area contributed by atoms with Crippen molar-refractivity contribution in [2.75, 3.05) is 0 Å². The third-order valence-electron chi connectivity index (χ3n) is 6.44. The van der Waals surface area contributed by atoms with E-state index in [1.807, 2.05) is 26.0 Å². The Morgan fingerprint density at radius 3 is 2.58 bits per heavy atom. The monoisotopic (exact) mass is 432 g/mol. The molecule has 0 saturated heterocycles. The minimum atomic E-state index is -1.10. The van der Waals surface area contributed by atoms with E-state index in [2.05, 4.69) is 13.0 Å². The Morgan fingerprint density at radius 2 is 1.97 bits per heavy atom. The van der Waals surface area contributed by atoms with Gasteiger partial charge in [-0.15, -0.1) is 0 Å². The Morgan fingerprint density at radius 1 is 1.29 bits per heavy atom. The largest absolute Gasteiger partial charge is 1.00 e. The Kier molecular flexibility index (Phi) is 11.5. The number of hydrogen-bond donors (Lipinski definition) is 4. The molecule has 0 bridgehead atoms. The van der Waals surface area contributed by atoms with Crippen molar-refractivity contribution >= 4 is 11.9 Å². The summed E-state index contributed by atoms with van der Waals surface area (Å²) in [5, 5.41) is 39.1. The molecule has 0 fully saturated rings. The summed E-state index contributed by atoms with van der Waals surface area (Å²) in [5.41, 5.74) is 0.958. The first-order chi connectivity index (χ1) is 14.1. The number of aliphatic carboxylic acids is 1. The van der Waals surface area contributed by atoms with Crippen molar-refractivity contribution in [3.63, 3.8) is 0 Å². The van der Waals surface area contributed by atoms with Crippen LogP contribution in [0.5, 0.6) is 0 Å². The average Bonchev–Trinajstić information content (AvgIpc) is 2.65. The maximum Gasteiger partial charge on any atom is 1.00 e. The van der Waals surface area contributed by atoms with E-state index in [1.54, 1.807) is 0 Å². The molecule has 0 radical (unpaired) electrons. The van der Waals surface area contributed by atoms with Gasteiger partial charge in [0.15, 0.2) is 0 Å². The maximum atomic E-state index is 12.4. The third kappa shape index (κ3) is 8.07. The van der Waals surface area contributed by atoms with E-state index >= 15 is 0 Å². The number of carboxylic acids is 1. The van der Waals surface area contributed by atoms with Gasteiger partial charge in [-0.1, -0.05) is 39.0 Å². The predicted octanol–water partition coefficient (Wildman–Crippen LogP) is -0.443. The number of esters is 1. The zero-order valence-corrected chi connectivity index (χ0v) is 19.1. The van der Waals surface area contributed by atoms with Crippen molar-refractivity contribution < 1.29 is 55.0 Å². The van der Waals surface area contributed by atoms with Crippen LogP contribution in [0.15, 0.2) is 23.8 Å². The first-order valence-electron chi connectivity index (χ1n) is 11.0. The minimum Gasteiger partial charge on any atom is -1.00 e. The molecule has 4 N–H and O–H groups in total. The van der Waals surface area contributed by atoms with Gasteiger partial charge in [0.05, 0.1) is 30.7 Å². The van der Waals surface area contributed by atoms with Crippen LogP contribution in [-0.4, -0.2) is 56.8 Å². The smallest absolute Gasteiger partial charge is 1.00 e. The number of fused-ring (bicyclic) bond motifs is 1. The van der Waals surface area contributed by atoms with Gasteiger partial charge >= 0.3 is 30.8 Å². The van der Waals surface area contributed by atoms with Crippen LogP contribution in [0.3, 0.4) is 0 Å². The predicted molar refractivity (Wildman–Crippen MR) is 113 cm³/mol. The molecule has 2 aliphatic rings. The summed E-state index contributed by atoms with van der Waals surface area (Å²) >= 11 is 0. The van der Waals surface area contributed by atoms with Crippen molar-refractivity contribution in [2.45, 2.75) is 83.7 Å². The Bertz CT molecular complexity index is 669. The molecule has 0 aromatic carbocycles. The first kappa shape index (κ1) is 27.9. The second kappa shape index (κ2) is 12.8. The number of hydrogen-bond acceptors (Lipinski definition) is 6. The van der Waals surface area contributed by atoms with Gasteiger partial charge in [-0.25, -0.2) is 0 Å². The van der Waals surface area contributed by atoms with Gasteiger partial charge in [0.1, 0.15) is 6.10 Å². The quantitative estimate of drug-likeness (QED) is 0.272. The van der Waals surface area contributed by atoms with Crippen LogP contribution in [-0.2, 0) is 14.3 Å². The van der Waals surface area contributed by atoms with Crippen LogP contribution < -0.4 is 18.9 Å². The van der Waals surface area contributed by atoms with Gasteiger partial charge in [0, 0.05) is 12.3 Å². The zero-order valence-electron chi connectivity index (χ0n) is 20.1. The molecule has 0 heterocycles. The van der Waals surface area contributed by atoms with E-state index in [1.165, 1.54) is 0 Å². The first-order valence-corrected chi connectivity index (χ1v) is 11.0. The van der Waals surface area contributed by atoms with Crippen LogP contribution in [0.2, 0.25) is 0 Å². The van der Waals surface area contributed by atoms with Gasteiger partial charge in [-0.2, -0.15) is 0 Å². The van der Waals surface area contributed by atoms with Crippen molar-refractivity contribution in [1.29, 1.82) is 0 Å². The summed E-state index contributed by atoms with van der Waals surface area (Å²) in [6.45, 7) is 5.85. The molecular formula is C23H37LiO7. The molecule has 0 saturated carbocycles. The van der Waals surface area contributed by atoms with Crippen LogP contribution in [0.4, 0.5) is 0 Å². The maximum absolute atomic E-state index is 12.4. The van der Waals surface area contributed by atoms with E-state index in [0.29, 0.717) is 25.7 Å². The van der Waals surface area contributed by atoms with E-state index in [4.69, 9.17) is 9.84 Å². The molecular weight excluding hydrogens is 395 g/mol. The summed E-state index contributed by atoms with van der Waals surface area (Å²) in [7, 11) is 0. The number of aliphatic hydroxyl groups is 3. The third-order valence-corrected chi connectivity index (χ3v) is 6.44. The van der Waals surface area contributed by atoms with Gasteiger partial charge in [0.25, 0.3) is 0 Å². The van der Waals surface area contributed by atoms with E-state index in [0.717, 1.165) is 5.57 Å². The number of ether oxygens (including phenoxy) is 1. The summed E-state index contributed by atoms with van der Waals surface area (Å²) in [6, 6.07) is 0. The fraction of sp³-hybridized carbons (Fsp3) is 0.739. The number of allylic oxidation sites excluding steroid dienone is 2. The molecule has 8 atom stereocenters. The van der Waals surface area contributed by atoms with E-state index in [-0.39, 0.29) is 62.8 Å². The Balaban J connectivity index is 0.00000480. The van der Waals surface area contributed by atoms with Crippen LogP contribution in [0.1, 0.15) is 60.7 Å². The molecule has 1 unspecified atom stereocenters. The second-order valence-corrected chi connectivity index (χ2v) is 8.88. The number of carboxylic acid groups (broad SMARTS) is 1. The molecule has 0 amide bonds. The summed E-state index contributed by atoms with van der Waals surface area (Å²) < 4.78 is 5.84. The molecule has 2 aliphatic carbocycles. The second-order valence-electron chi connectivity index (χ2n) is 8.88. The summed E-state index contributed by atoms with van der Waals surface area (Å²) in [4.78, 5) is 23.1. The molecule has 2 rings (SSSR count). The van der Waals surface area contributed by atoms with Crippen molar-refractivity contribution in [1.82, 2.24) is 0 Å². The van der Waals surface area contributed by atoms with Crippen LogP contribution >= 0.6 is 0 Å². The van der Waals surface area contributed by atoms with Crippen LogP contribution in [0.25, 0.3) is 0 Å². The molecule has 172 valence electrons. The Hall–Kier alpha value is -1.10. The molecule has 31 heavy (non-hydrogen) atoms. The van der Waals surface area contributed by atoms with Gasteiger partial charge in [0.2, 0.25) is 0 Å². The summed E-state index contributed by atoms with van der Waals surface area (Å²) in [6.07, 6.45) is 4.64. The molecule has 0 aliphatic heterocycles. The number of aliphatic hydroxyl groups excluding tert-OH is 3. The zero-order chi connectivity index (χ0) is 22.4. The topological polar surface area (TPSA) is 124 Å². The number of carbonyl (C=O) groups is 2. The average molecular weight is 432 g/mol. The molecule has 8 heteroatoms. The fourth-order valence-corrected chi connectivity index (χ4v) is 4.52.